The fourth-order valence-electron chi connectivity index (χ4n) is 13.7. The van der Waals surface area contributed by atoms with Crippen LogP contribution in [-0.4, -0.2) is 4.57 Å². The number of fused-ring (bicyclic) bond motifs is 3. The Hall–Kier alpha value is -8.00. The van der Waals surface area contributed by atoms with Crippen molar-refractivity contribution in [3.8, 4) is 33.4 Å². The van der Waals surface area contributed by atoms with Gasteiger partial charge in [-0.25, -0.2) is 0 Å². The van der Waals surface area contributed by atoms with E-state index in [2.05, 4.69) is 206 Å². The Morgan fingerprint density at radius 2 is 0.658 bits per heavy atom. The van der Waals surface area contributed by atoms with Crippen LogP contribution in [0.1, 0.15) is 71.1 Å². The molecule has 1 heterocycles. The highest BCUT2D eigenvalue weighted by Gasteiger charge is 2.23. The van der Waals surface area contributed by atoms with Gasteiger partial charge < -0.3 is 4.57 Å². The minimum absolute atomic E-state index is 0.978. The van der Waals surface area contributed by atoms with Crippen molar-refractivity contribution in [2.45, 2.75) is 77.7 Å². The van der Waals surface area contributed by atoms with Crippen LogP contribution in [0.25, 0.3) is 152 Å². The molecular formula is C72H57N. The number of nitrogens with zero attached hydrogens (tertiary/aromatic N) is 1. The Balaban J connectivity index is 0.983. The van der Waals surface area contributed by atoms with Gasteiger partial charge in [0.2, 0.25) is 0 Å². The minimum Gasteiger partial charge on any atom is -0.340 e. The van der Waals surface area contributed by atoms with Gasteiger partial charge in [-0.1, -0.05) is 235 Å². The third kappa shape index (κ3) is 6.67. The summed E-state index contributed by atoms with van der Waals surface area (Å²) in [4.78, 5) is 0. The van der Waals surface area contributed by atoms with Gasteiger partial charge in [-0.2, -0.15) is 0 Å². The van der Waals surface area contributed by atoms with Crippen molar-refractivity contribution >= 4 is 119 Å². The van der Waals surface area contributed by atoms with Crippen molar-refractivity contribution in [2.75, 3.05) is 0 Å². The van der Waals surface area contributed by atoms with Crippen LogP contribution >= 0.6 is 0 Å². The number of aryl methyl sites for hydroxylation is 1. The maximum absolute atomic E-state index is 2.73. The number of rotatable bonds is 14. The normalized spacial score (nSPS) is 12.5. The Bertz CT molecular complexity index is 4560. The quantitative estimate of drug-likeness (QED) is 0.0756. The monoisotopic (exact) mass is 935 g/mol. The molecule has 1 aromatic heterocycles. The molecule has 0 atom stereocenters. The molecule has 0 spiro atoms. The van der Waals surface area contributed by atoms with Crippen molar-refractivity contribution in [3.63, 3.8) is 0 Å². The van der Waals surface area contributed by atoms with Crippen LogP contribution in [0.15, 0.2) is 194 Å². The standard InChI is InChI=1S/C72H57N/c1-2-3-4-5-6-7-8-9-10-11-41-73-65-40-33-54(56-34-27-51-24-21-45-15-12-18-48-30-37-59(56)69(51)66(45)48)42-62(65)64-44-55(57-35-28-52-25-22-46-16-13-19-49-31-38-60(57)70(52)67(46)49)43-63(72(64)73)58-36-29-53-26-23-47-17-14-20-50-32-39-61(58)71(53)68(47)50/h12-40,42-44H,2-11,41H2,1H3. The Morgan fingerprint density at radius 1 is 0.274 bits per heavy atom. The fraction of sp³-hybridized carbons (Fsp3) is 0.167. The fourth-order valence-corrected chi connectivity index (χ4v) is 13.7. The summed E-state index contributed by atoms with van der Waals surface area (Å²) in [5, 5.41) is 26.5. The zero-order valence-corrected chi connectivity index (χ0v) is 41.7. The highest BCUT2D eigenvalue weighted by atomic mass is 15.0. The minimum atomic E-state index is 0.978. The highest BCUT2D eigenvalue weighted by molar-refractivity contribution is 6.30. The first kappa shape index (κ1) is 42.7. The maximum Gasteiger partial charge on any atom is 0.0571 e. The molecule has 15 rings (SSSR count). The topological polar surface area (TPSA) is 4.93 Å². The van der Waals surface area contributed by atoms with Gasteiger partial charge in [-0.3, -0.25) is 0 Å². The van der Waals surface area contributed by atoms with E-state index in [1.807, 2.05) is 0 Å². The lowest BCUT2D eigenvalue weighted by Gasteiger charge is -2.18. The first-order chi connectivity index (χ1) is 36.2. The van der Waals surface area contributed by atoms with Crippen LogP contribution in [0.4, 0.5) is 0 Å². The van der Waals surface area contributed by atoms with Crippen LogP contribution < -0.4 is 0 Å². The molecule has 0 aliphatic heterocycles. The van der Waals surface area contributed by atoms with Crippen molar-refractivity contribution in [1.82, 2.24) is 4.57 Å². The number of aromatic nitrogens is 1. The maximum atomic E-state index is 2.73. The summed E-state index contributed by atoms with van der Waals surface area (Å²) >= 11 is 0. The molecule has 14 aromatic carbocycles. The van der Waals surface area contributed by atoms with Crippen LogP contribution in [0.3, 0.4) is 0 Å². The zero-order chi connectivity index (χ0) is 48.1. The Labute approximate surface area is 426 Å². The number of unbranched alkanes of at least 4 members (excludes halogenated alkanes) is 9. The Kier molecular flexibility index (Phi) is 9.97. The molecule has 1 heteroatoms. The SMILES string of the molecule is CCCCCCCCCCCCn1c2ccc(-c3ccc4ccc5cccc6ccc3c4c56)cc2c2cc(-c3ccc4ccc5cccc6ccc3c4c56)cc(-c3ccc4ccc5cccc6ccc3c4c56)c21. The lowest BCUT2D eigenvalue weighted by molar-refractivity contribution is 0.541. The summed E-state index contributed by atoms with van der Waals surface area (Å²) in [6, 6.07) is 75.1. The lowest BCUT2D eigenvalue weighted by Crippen LogP contribution is -2.00. The summed E-state index contributed by atoms with van der Waals surface area (Å²) in [5.41, 5.74) is 10.4. The third-order valence-corrected chi connectivity index (χ3v) is 17.2. The van der Waals surface area contributed by atoms with Gasteiger partial charge >= 0.3 is 0 Å². The average molecular weight is 936 g/mol. The predicted molar refractivity (Wildman–Crippen MR) is 319 cm³/mol. The molecule has 0 saturated carbocycles. The van der Waals surface area contributed by atoms with Gasteiger partial charge in [-0.15, -0.1) is 0 Å². The van der Waals surface area contributed by atoms with E-state index in [0.29, 0.717) is 0 Å². The summed E-state index contributed by atoms with van der Waals surface area (Å²) in [7, 11) is 0. The van der Waals surface area contributed by atoms with Gasteiger partial charge in [0.15, 0.2) is 0 Å². The number of hydrogen-bond donors (Lipinski definition) is 0. The molecule has 0 N–H and O–H groups in total. The first-order valence-corrected chi connectivity index (χ1v) is 27.3. The first-order valence-electron chi connectivity index (χ1n) is 27.3. The second-order valence-electron chi connectivity index (χ2n) is 21.4. The molecule has 350 valence electrons. The number of benzene rings is 14. The third-order valence-electron chi connectivity index (χ3n) is 17.2. The molecule has 0 unspecified atom stereocenters. The van der Waals surface area contributed by atoms with E-state index >= 15 is 0 Å². The van der Waals surface area contributed by atoms with Gasteiger partial charge in [0.1, 0.15) is 0 Å². The van der Waals surface area contributed by atoms with E-state index in [0.717, 1.165) is 13.0 Å². The summed E-state index contributed by atoms with van der Waals surface area (Å²) in [5.74, 6) is 0. The van der Waals surface area contributed by atoms with E-state index in [1.54, 1.807) is 0 Å². The lowest BCUT2D eigenvalue weighted by atomic mass is 9.86. The molecule has 0 aliphatic rings. The highest BCUT2D eigenvalue weighted by Crippen LogP contribution is 2.48. The van der Waals surface area contributed by atoms with Crippen molar-refractivity contribution in [1.29, 1.82) is 0 Å². The van der Waals surface area contributed by atoms with Crippen LogP contribution in [0, 0.1) is 0 Å². The second-order valence-corrected chi connectivity index (χ2v) is 21.4. The van der Waals surface area contributed by atoms with E-state index < -0.39 is 0 Å². The summed E-state index contributed by atoms with van der Waals surface area (Å²) in [6.45, 7) is 3.29. The molecule has 0 saturated heterocycles. The Morgan fingerprint density at radius 3 is 1.15 bits per heavy atom. The smallest absolute Gasteiger partial charge is 0.0571 e. The van der Waals surface area contributed by atoms with Crippen LogP contribution in [0.5, 0.6) is 0 Å². The van der Waals surface area contributed by atoms with Gasteiger partial charge in [0.05, 0.1) is 5.52 Å². The molecule has 0 radical (unpaired) electrons. The molecule has 0 bridgehead atoms. The van der Waals surface area contributed by atoms with Crippen LogP contribution in [-0.2, 0) is 6.54 Å². The van der Waals surface area contributed by atoms with Crippen molar-refractivity contribution in [3.05, 3.63) is 194 Å². The number of hydrogen-bond acceptors (Lipinski definition) is 0. The molecule has 73 heavy (non-hydrogen) atoms. The summed E-state index contributed by atoms with van der Waals surface area (Å²) < 4.78 is 2.73. The molecule has 1 nitrogen and oxygen atoms in total. The van der Waals surface area contributed by atoms with E-state index in [1.165, 1.54) is 210 Å². The van der Waals surface area contributed by atoms with Crippen molar-refractivity contribution in [2.24, 2.45) is 0 Å². The largest absolute Gasteiger partial charge is 0.340 e. The van der Waals surface area contributed by atoms with Gasteiger partial charge in [-0.05, 0) is 155 Å². The predicted octanol–water partition coefficient (Wildman–Crippen LogP) is 21.4. The van der Waals surface area contributed by atoms with Gasteiger partial charge in [0, 0.05) is 28.4 Å². The summed E-state index contributed by atoms with van der Waals surface area (Å²) in [6.07, 6.45) is 13.2. The molecule has 0 aliphatic carbocycles. The van der Waals surface area contributed by atoms with Crippen molar-refractivity contribution < 1.29 is 0 Å². The molecule has 0 fully saturated rings. The molecule has 0 amide bonds. The van der Waals surface area contributed by atoms with E-state index in [-0.39, 0.29) is 0 Å². The molecule has 15 aromatic rings. The average Bonchev–Trinajstić information content (AvgIpc) is 3.78. The van der Waals surface area contributed by atoms with Gasteiger partial charge in [0.25, 0.3) is 0 Å². The van der Waals surface area contributed by atoms with E-state index in [4.69, 9.17) is 0 Å². The molecular weight excluding hydrogens is 879 g/mol. The zero-order valence-electron chi connectivity index (χ0n) is 41.7. The second kappa shape index (κ2) is 17.1. The van der Waals surface area contributed by atoms with E-state index in [9.17, 15) is 0 Å². The van der Waals surface area contributed by atoms with Crippen LogP contribution in [0.2, 0.25) is 0 Å².